The van der Waals surface area contributed by atoms with E-state index in [-0.39, 0.29) is 11.3 Å². The number of hydrogen-bond donors (Lipinski definition) is 2. The molecule has 2 heterocycles. The van der Waals surface area contributed by atoms with E-state index in [1.54, 1.807) is 0 Å². The summed E-state index contributed by atoms with van der Waals surface area (Å²) in [5.41, 5.74) is 1.28. The molecule has 0 radical (unpaired) electrons. The van der Waals surface area contributed by atoms with Crippen LogP contribution >= 0.6 is 11.6 Å². The van der Waals surface area contributed by atoms with Crippen LogP contribution in [0.2, 0.25) is 5.02 Å². The van der Waals surface area contributed by atoms with E-state index >= 15 is 0 Å². The molecule has 3 rings (SSSR count). The van der Waals surface area contributed by atoms with Crippen molar-refractivity contribution in [2.75, 3.05) is 46.3 Å². The minimum absolute atomic E-state index is 0.181. The predicted octanol–water partition coefficient (Wildman–Crippen LogP) is 1.13. The van der Waals surface area contributed by atoms with Gasteiger partial charge < -0.3 is 15.1 Å². The first-order valence-corrected chi connectivity index (χ1v) is 8.26. The van der Waals surface area contributed by atoms with Crippen molar-refractivity contribution < 1.29 is 4.79 Å². The normalized spacial score (nSPS) is 21.8. The fourth-order valence-corrected chi connectivity index (χ4v) is 3.14. The lowest BCUT2D eigenvalue weighted by Gasteiger charge is -2.34. The number of aryl methyl sites for hydroxylation is 1. The third-order valence-electron chi connectivity index (χ3n) is 4.82. The maximum absolute atomic E-state index is 12.2. The van der Waals surface area contributed by atoms with E-state index in [9.17, 15) is 4.79 Å². The summed E-state index contributed by atoms with van der Waals surface area (Å²) in [5, 5.41) is 10.1. The molecule has 1 aliphatic carbocycles. The quantitative estimate of drug-likeness (QED) is 0.852. The summed E-state index contributed by atoms with van der Waals surface area (Å²) in [4.78, 5) is 17.1. The van der Waals surface area contributed by atoms with Crippen LogP contribution in [-0.4, -0.2) is 72.2 Å². The molecule has 0 aromatic carbocycles. The molecule has 0 atom stereocenters. The smallest absolute Gasteiger partial charge is 0.273 e. The van der Waals surface area contributed by atoms with Gasteiger partial charge in [-0.25, -0.2) is 0 Å². The number of halogens is 1. The number of aromatic amines is 1. The number of nitrogens with zero attached hydrogens (tertiary/aromatic N) is 3. The van der Waals surface area contributed by atoms with Crippen LogP contribution in [0.25, 0.3) is 0 Å². The van der Waals surface area contributed by atoms with E-state index in [2.05, 4.69) is 32.4 Å². The third kappa shape index (κ3) is 3.45. The standard InChI is InChI=1S/C15H24ClN5O/c1-11-12(16)13(19-18-11)14(22)17-9-15(3-4-15)10-21-7-5-20(2)6-8-21/h3-10H2,1-2H3,(H,17,22)(H,18,19). The van der Waals surface area contributed by atoms with Crippen LogP contribution in [0.1, 0.15) is 29.0 Å². The summed E-state index contributed by atoms with van der Waals surface area (Å²) in [6, 6.07) is 0. The summed E-state index contributed by atoms with van der Waals surface area (Å²) < 4.78 is 0. The highest BCUT2D eigenvalue weighted by Crippen LogP contribution is 2.45. The molecule has 6 nitrogen and oxygen atoms in total. The van der Waals surface area contributed by atoms with Crippen LogP contribution in [0.15, 0.2) is 0 Å². The van der Waals surface area contributed by atoms with Gasteiger partial charge in [-0.1, -0.05) is 11.6 Å². The van der Waals surface area contributed by atoms with Crippen LogP contribution in [0, 0.1) is 12.3 Å². The predicted molar refractivity (Wildman–Crippen MR) is 86.3 cm³/mol. The molecule has 7 heteroatoms. The zero-order chi connectivity index (χ0) is 15.7. The lowest BCUT2D eigenvalue weighted by molar-refractivity contribution is 0.0922. The molecule has 1 aromatic heterocycles. The zero-order valence-corrected chi connectivity index (χ0v) is 14.0. The van der Waals surface area contributed by atoms with Crippen molar-refractivity contribution in [1.82, 2.24) is 25.3 Å². The number of rotatable bonds is 5. The van der Waals surface area contributed by atoms with Crippen molar-refractivity contribution in [3.63, 3.8) is 0 Å². The third-order valence-corrected chi connectivity index (χ3v) is 5.29. The first kappa shape index (κ1) is 15.8. The summed E-state index contributed by atoms with van der Waals surface area (Å²) >= 11 is 6.07. The van der Waals surface area contributed by atoms with Crippen molar-refractivity contribution >= 4 is 17.5 Å². The molecule has 122 valence electrons. The van der Waals surface area contributed by atoms with E-state index in [1.165, 1.54) is 12.8 Å². The number of piperazine rings is 1. The first-order chi connectivity index (χ1) is 10.5. The Labute approximate surface area is 136 Å². The Hall–Kier alpha value is -1.11. The van der Waals surface area contributed by atoms with Crippen LogP contribution in [0.5, 0.6) is 0 Å². The summed E-state index contributed by atoms with van der Waals surface area (Å²) in [7, 11) is 2.17. The van der Waals surface area contributed by atoms with Gasteiger partial charge in [0.1, 0.15) is 0 Å². The lowest BCUT2D eigenvalue weighted by atomic mass is 10.1. The van der Waals surface area contributed by atoms with E-state index in [0.717, 1.165) is 38.4 Å². The van der Waals surface area contributed by atoms with Gasteiger partial charge in [0.05, 0.1) is 10.7 Å². The molecule has 0 bridgehead atoms. The van der Waals surface area contributed by atoms with Gasteiger partial charge in [0, 0.05) is 44.7 Å². The number of H-pyrrole nitrogens is 1. The van der Waals surface area contributed by atoms with Crippen LogP contribution in [-0.2, 0) is 0 Å². The Morgan fingerprint density at radius 3 is 2.59 bits per heavy atom. The number of carbonyl (C=O) groups is 1. The van der Waals surface area contributed by atoms with Crippen molar-refractivity contribution in [2.24, 2.45) is 5.41 Å². The Morgan fingerprint density at radius 2 is 2.05 bits per heavy atom. The molecule has 1 saturated carbocycles. The van der Waals surface area contributed by atoms with Crippen molar-refractivity contribution in [3.8, 4) is 0 Å². The van der Waals surface area contributed by atoms with Gasteiger partial charge in [-0.05, 0) is 26.8 Å². The molecule has 22 heavy (non-hydrogen) atoms. The van der Waals surface area contributed by atoms with Crippen molar-refractivity contribution in [2.45, 2.75) is 19.8 Å². The van der Waals surface area contributed by atoms with Gasteiger partial charge in [-0.2, -0.15) is 5.10 Å². The van der Waals surface area contributed by atoms with E-state index in [4.69, 9.17) is 11.6 Å². The minimum Gasteiger partial charge on any atom is -0.350 e. The van der Waals surface area contributed by atoms with Gasteiger partial charge in [0.25, 0.3) is 5.91 Å². The van der Waals surface area contributed by atoms with E-state index < -0.39 is 0 Å². The Morgan fingerprint density at radius 1 is 1.36 bits per heavy atom. The van der Waals surface area contributed by atoms with Crippen LogP contribution in [0.3, 0.4) is 0 Å². The highest BCUT2D eigenvalue weighted by atomic mass is 35.5. The number of hydrogen-bond acceptors (Lipinski definition) is 4. The molecule has 2 aliphatic rings. The van der Waals surface area contributed by atoms with Crippen molar-refractivity contribution in [1.29, 1.82) is 0 Å². The second kappa shape index (κ2) is 6.18. The summed E-state index contributed by atoms with van der Waals surface area (Å²) in [6.07, 6.45) is 2.37. The van der Waals surface area contributed by atoms with Gasteiger partial charge in [-0.3, -0.25) is 9.89 Å². The van der Waals surface area contributed by atoms with Crippen LogP contribution < -0.4 is 5.32 Å². The maximum atomic E-state index is 12.2. The maximum Gasteiger partial charge on any atom is 0.273 e. The van der Waals surface area contributed by atoms with Gasteiger partial charge >= 0.3 is 0 Å². The van der Waals surface area contributed by atoms with E-state index in [1.807, 2.05) is 6.92 Å². The molecule has 1 saturated heterocycles. The molecular formula is C15H24ClN5O. The molecule has 2 N–H and O–H groups in total. The fourth-order valence-electron chi connectivity index (χ4n) is 2.97. The molecular weight excluding hydrogens is 302 g/mol. The molecule has 0 spiro atoms. The molecule has 1 aliphatic heterocycles. The summed E-state index contributed by atoms with van der Waals surface area (Å²) in [6.45, 7) is 8.10. The second-order valence-electron chi connectivity index (χ2n) is 6.77. The molecule has 1 aromatic rings. The molecule has 2 fully saturated rings. The summed E-state index contributed by atoms with van der Waals surface area (Å²) in [5.74, 6) is -0.181. The number of nitrogens with one attached hydrogen (secondary N) is 2. The number of amides is 1. The number of carbonyl (C=O) groups excluding carboxylic acids is 1. The number of aromatic nitrogens is 2. The van der Waals surface area contributed by atoms with Gasteiger partial charge in [0.2, 0.25) is 0 Å². The lowest BCUT2D eigenvalue weighted by Crippen LogP contribution is -2.48. The number of likely N-dealkylation sites (N-methyl/N-ethyl adjacent to an activating group) is 1. The SMILES string of the molecule is Cc1[nH]nc(C(=O)NCC2(CN3CCN(C)CC3)CC2)c1Cl. The van der Waals surface area contributed by atoms with Crippen LogP contribution in [0.4, 0.5) is 0 Å². The molecule has 1 amide bonds. The Bertz CT molecular complexity index is 546. The van der Waals surface area contributed by atoms with Gasteiger partial charge in [-0.15, -0.1) is 0 Å². The van der Waals surface area contributed by atoms with Crippen molar-refractivity contribution in [3.05, 3.63) is 16.4 Å². The second-order valence-corrected chi connectivity index (χ2v) is 7.15. The average molecular weight is 326 g/mol. The monoisotopic (exact) mass is 325 g/mol. The van der Waals surface area contributed by atoms with Gasteiger partial charge in [0.15, 0.2) is 5.69 Å². The highest BCUT2D eigenvalue weighted by molar-refractivity contribution is 6.34. The average Bonchev–Trinajstić information content (AvgIpc) is 3.19. The Kier molecular flexibility index (Phi) is 4.43. The zero-order valence-electron chi connectivity index (χ0n) is 13.3. The topological polar surface area (TPSA) is 64.3 Å². The largest absolute Gasteiger partial charge is 0.350 e. The van der Waals surface area contributed by atoms with E-state index in [0.29, 0.717) is 17.3 Å². The minimum atomic E-state index is -0.181. The molecule has 0 unspecified atom stereocenters. The highest BCUT2D eigenvalue weighted by Gasteiger charge is 2.44. The fraction of sp³-hybridized carbons (Fsp3) is 0.733. The Balaban J connectivity index is 1.50. The first-order valence-electron chi connectivity index (χ1n) is 7.89.